The first-order chi connectivity index (χ1) is 12.5. The molecule has 0 spiro atoms. The Morgan fingerprint density at radius 1 is 1.42 bits per heavy atom. The molecule has 1 amide bonds. The number of rotatable bonds is 5. The molecule has 0 aromatic carbocycles. The zero-order chi connectivity index (χ0) is 18.4. The highest BCUT2D eigenvalue weighted by Gasteiger charge is 2.27. The van der Waals surface area contributed by atoms with E-state index in [4.69, 9.17) is 11.6 Å². The van der Waals surface area contributed by atoms with Gasteiger partial charge in [0.2, 0.25) is 0 Å². The summed E-state index contributed by atoms with van der Waals surface area (Å²) in [6.45, 7) is 4.47. The van der Waals surface area contributed by atoms with Gasteiger partial charge in [-0.3, -0.25) is 9.59 Å². The van der Waals surface area contributed by atoms with Gasteiger partial charge in [-0.2, -0.15) is 5.10 Å². The SMILES string of the molecule is CCNC(=O)c1c(C)sc2nc(Cn3nc(C4CC4)cc3Cl)cc(=O)n12. The van der Waals surface area contributed by atoms with Gasteiger partial charge in [0.05, 0.1) is 17.9 Å². The van der Waals surface area contributed by atoms with Gasteiger partial charge < -0.3 is 5.32 Å². The summed E-state index contributed by atoms with van der Waals surface area (Å²) < 4.78 is 3.04. The molecule has 1 saturated carbocycles. The smallest absolute Gasteiger partial charge is 0.269 e. The number of aromatic nitrogens is 4. The van der Waals surface area contributed by atoms with Crippen LogP contribution in [0.25, 0.3) is 4.96 Å². The van der Waals surface area contributed by atoms with Crippen molar-refractivity contribution in [3.63, 3.8) is 0 Å². The van der Waals surface area contributed by atoms with E-state index in [1.807, 2.05) is 19.9 Å². The van der Waals surface area contributed by atoms with Gasteiger partial charge in [-0.05, 0) is 32.8 Å². The van der Waals surface area contributed by atoms with E-state index in [-0.39, 0.29) is 11.5 Å². The van der Waals surface area contributed by atoms with Gasteiger partial charge >= 0.3 is 0 Å². The minimum absolute atomic E-state index is 0.267. The van der Waals surface area contributed by atoms with E-state index < -0.39 is 0 Å². The van der Waals surface area contributed by atoms with Crippen molar-refractivity contribution in [3.05, 3.63) is 49.6 Å². The van der Waals surface area contributed by atoms with E-state index >= 15 is 0 Å². The normalized spacial score (nSPS) is 14.1. The van der Waals surface area contributed by atoms with E-state index in [0.717, 1.165) is 23.4 Å². The fourth-order valence-electron chi connectivity index (χ4n) is 2.97. The number of hydrogen-bond acceptors (Lipinski definition) is 5. The molecule has 1 N–H and O–H groups in total. The van der Waals surface area contributed by atoms with Crippen LogP contribution < -0.4 is 10.9 Å². The van der Waals surface area contributed by atoms with Gasteiger partial charge in [-0.25, -0.2) is 14.1 Å². The molecule has 3 heterocycles. The first kappa shape index (κ1) is 17.2. The Hall–Kier alpha value is -2.19. The van der Waals surface area contributed by atoms with Gasteiger partial charge in [0.25, 0.3) is 11.5 Å². The average Bonchev–Trinajstić information content (AvgIpc) is 3.28. The average molecular weight is 392 g/mol. The molecule has 3 aromatic heterocycles. The Labute approximate surface area is 158 Å². The van der Waals surface area contributed by atoms with Crippen molar-refractivity contribution in [1.82, 2.24) is 24.5 Å². The first-order valence-electron chi connectivity index (χ1n) is 8.51. The number of thiazole rings is 1. The summed E-state index contributed by atoms with van der Waals surface area (Å²) >= 11 is 7.59. The number of fused-ring (bicyclic) bond motifs is 1. The number of hydrogen-bond donors (Lipinski definition) is 1. The molecule has 0 radical (unpaired) electrons. The van der Waals surface area contributed by atoms with Crippen molar-refractivity contribution >= 4 is 33.8 Å². The maximum absolute atomic E-state index is 12.6. The minimum Gasteiger partial charge on any atom is -0.351 e. The lowest BCUT2D eigenvalue weighted by atomic mass is 10.3. The highest BCUT2D eigenvalue weighted by atomic mass is 35.5. The molecular weight excluding hydrogens is 374 g/mol. The number of nitrogens with one attached hydrogen (secondary N) is 1. The van der Waals surface area contributed by atoms with Crippen molar-refractivity contribution in [2.24, 2.45) is 0 Å². The molecule has 0 saturated heterocycles. The number of halogens is 1. The Kier molecular flexibility index (Phi) is 4.32. The topological polar surface area (TPSA) is 81.3 Å². The highest BCUT2D eigenvalue weighted by molar-refractivity contribution is 7.17. The second kappa shape index (κ2) is 6.51. The number of aryl methyl sites for hydroxylation is 1. The largest absolute Gasteiger partial charge is 0.351 e. The molecule has 1 aliphatic carbocycles. The van der Waals surface area contributed by atoms with Crippen LogP contribution in [0.4, 0.5) is 0 Å². The summed E-state index contributed by atoms with van der Waals surface area (Å²) in [6.07, 6.45) is 2.30. The van der Waals surface area contributed by atoms with Crippen molar-refractivity contribution in [3.8, 4) is 0 Å². The molecular formula is C17H18ClN5O2S. The third-order valence-corrected chi connectivity index (χ3v) is 5.61. The number of amides is 1. The second-order valence-electron chi connectivity index (χ2n) is 6.39. The predicted octanol–water partition coefficient (Wildman–Crippen LogP) is 2.59. The first-order valence-corrected chi connectivity index (χ1v) is 9.71. The van der Waals surface area contributed by atoms with Crippen LogP contribution in [0.1, 0.15) is 52.4 Å². The lowest BCUT2D eigenvalue weighted by Gasteiger charge is -2.05. The zero-order valence-corrected chi connectivity index (χ0v) is 16.0. The Morgan fingerprint density at radius 3 is 2.88 bits per heavy atom. The van der Waals surface area contributed by atoms with Crippen molar-refractivity contribution < 1.29 is 4.79 Å². The van der Waals surface area contributed by atoms with Crippen LogP contribution in [0.2, 0.25) is 5.15 Å². The summed E-state index contributed by atoms with van der Waals surface area (Å²) in [5.41, 5.74) is 1.65. The molecule has 4 rings (SSSR count). The van der Waals surface area contributed by atoms with Crippen LogP contribution in [0.5, 0.6) is 0 Å². The molecule has 9 heteroatoms. The summed E-state index contributed by atoms with van der Waals surface area (Å²) in [4.78, 5) is 30.7. The van der Waals surface area contributed by atoms with Gasteiger partial charge in [-0.15, -0.1) is 11.3 Å². The standard InChI is InChI=1S/C17H18ClN5O2S/c1-3-19-16(25)15-9(2)26-17-20-11(6-14(24)23(15)17)8-22-13(18)7-12(21-22)10-4-5-10/h6-7,10H,3-5,8H2,1-2H3,(H,19,25). The maximum atomic E-state index is 12.6. The van der Waals surface area contributed by atoms with Gasteiger partial charge in [0.1, 0.15) is 10.8 Å². The molecule has 7 nitrogen and oxygen atoms in total. The molecule has 1 aliphatic rings. The lowest BCUT2D eigenvalue weighted by molar-refractivity contribution is 0.0949. The van der Waals surface area contributed by atoms with Crippen molar-refractivity contribution in [1.29, 1.82) is 0 Å². The lowest BCUT2D eigenvalue weighted by Crippen LogP contribution is -2.28. The number of carbonyl (C=O) groups is 1. The molecule has 0 atom stereocenters. The summed E-state index contributed by atoms with van der Waals surface area (Å²) in [5, 5.41) is 7.81. The number of nitrogens with zero attached hydrogens (tertiary/aromatic N) is 4. The molecule has 1 fully saturated rings. The molecule has 0 bridgehead atoms. The van der Waals surface area contributed by atoms with E-state index in [2.05, 4.69) is 15.4 Å². The van der Waals surface area contributed by atoms with E-state index in [1.54, 1.807) is 4.68 Å². The summed E-state index contributed by atoms with van der Waals surface area (Å²) in [5.74, 6) is 0.242. The van der Waals surface area contributed by atoms with E-state index in [0.29, 0.717) is 40.5 Å². The van der Waals surface area contributed by atoms with Crippen LogP contribution in [-0.4, -0.2) is 31.6 Å². The van der Waals surface area contributed by atoms with Crippen LogP contribution >= 0.6 is 22.9 Å². The number of carbonyl (C=O) groups excluding carboxylic acids is 1. The quantitative estimate of drug-likeness (QED) is 0.724. The fourth-order valence-corrected chi connectivity index (χ4v) is 4.16. The molecule has 3 aromatic rings. The summed E-state index contributed by atoms with van der Waals surface area (Å²) in [7, 11) is 0. The zero-order valence-electron chi connectivity index (χ0n) is 14.5. The molecule has 0 aliphatic heterocycles. The monoisotopic (exact) mass is 391 g/mol. The molecule has 136 valence electrons. The van der Waals surface area contributed by atoms with Crippen LogP contribution in [0.3, 0.4) is 0 Å². The maximum Gasteiger partial charge on any atom is 0.269 e. The Morgan fingerprint density at radius 2 is 2.19 bits per heavy atom. The predicted molar refractivity (Wildman–Crippen MR) is 100 cm³/mol. The van der Waals surface area contributed by atoms with Crippen molar-refractivity contribution in [2.75, 3.05) is 6.54 Å². The van der Waals surface area contributed by atoms with E-state index in [9.17, 15) is 9.59 Å². The van der Waals surface area contributed by atoms with Crippen LogP contribution in [-0.2, 0) is 6.54 Å². The second-order valence-corrected chi connectivity index (χ2v) is 7.96. The Bertz CT molecular complexity index is 1060. The third-order valence-electron chi connectivity index (χ3n) is 4.35. The molecule has 26 heavy (non-hydrogen) atoms. The minimum atomic E-state index is -0.277. The summed E-state index contributed by atoms with van der Waals surface area (Å²) in [6, 6.07) is 3.32. The van der Waals surface area contributed by atoms with Crippen molar-refractivity contribution in [2.45, 2.75) is 39.2 Å². The van der Waals surface area contributed by atoms with Gasteiger partial charge in [0.15, 0.2) is 4.96 Å². The van der Waals surface area contributed by atoms with Crippen LogP contribution in [0.15, 0.2) is 16.9 Å². The Balaban J connectivity index is 1.72. The van der Waals surface area contributed by atoms with E-state index in [1.165, 1.54) is 21.8 Å². The highest BCUT2D eigenvalue weighted by Crippen LogP contribution is 2.40. The van der Waals surface area contributed by atoms with Crippen LogP contribution in [0, 0.1) is 6.92 Å². The fraction of sp³-hybridized carbons (Fsp3) is 0.412. The molecule has 0 unspecified atom stereocenters. The van der Waals surface area contributed by atoms with Gasteiger partial charge in [0, 0.05) is 23.4 Å². The van der Waals surface area contributed by atoms with Gasteiger partial charge in [-0.1, -0.05) is 11.6 Å². The third kappa shape index (κ3) is 3.03.